The van der Waals surface area contributed by atoms with Gasteiger partial charge in [0.25, 0.3) is 0 Å². The normalized spacial score (nSPS) is 14.8. The van der Waals surface area contributed by atoms with E-state index in [1.807, 2.05) is 48.5 Å². The molecule has 1 unspecified atom stereocenters. The number of para-hydroxylation sites is 2. The highest BCUT2D eigenvalue weighted by Gasteiger charge is 2.31. The van der Waals surface area contributed by atoms with Crippen molar-refractivity contribution in [1.82, 2.24) is 14.8 Å². The van der Waals surface area contributed by atoms with E-state index in [0.29, 0.717) is 22.9 Å². The Balaban J connectivity index is 1.30. The summed E-state index contributed by atoms with van der Waals surface area (Å²) in [6, 6.07) is 25.8. The van der Waals surface area contributed by atoms with Gasteiger partial charge in [0.1, 0.15) is 12.6 Å². The maximum atomic E-state index is 13.3. The second-order valence-electron chi connectivity index (χ2n) is 9.28. The van der Waals surface area contributed by atoms with Gasteiger partial charge in [0.2, 0.25) is 0 Å². The molecule has 0 aliphatic carbocycles. The molecule has 4 aromatic rings. The number of piperazine rings is 1. The fraction of sp³-hybridized carbons (Fsp3) is 0.250. The van der Waals surface area contributed by atoms with Crippen molar-refractivity contribution in [1.29, 1.82) is 0 Å². The van der Waals surface area contributed by atoms with Gasteiger partial charge < -0.3 is 15.3 Å². The first-order valence-electron chi connectivity index (χ1n) is 12.6. The van der Waals surface area contributed by atoms with Crippen molar-refractivity contribution < 1.29 is 14.6 Å². The lowest BCUT2D eigenvalue weighted by atomic mass is 10.2. The molecule has 196 valence electrons. The Morgan fingerprint density at radius 1 is 0.947 bits per heavy atom. The summed E-state index contributed by atoms with van der Waals surface area (Å²) in [5.41, 5.74) is 1.68. The van der Waals surface area contributed by atoms with E-state index in [0.717, 1.165) is 31.9 Å². The Morgan fingerprint density at radius 2 is 1.61 bits per heavy atom. The van der Waals surface area contributed by atoms with Gasteiger partial charge >= 0.3 is 17.2 Å². The minimum atomic E-state index is -0.803. The number of anilines is 2. The van der Waals surface area contributed by atoms with Crippen LogP contribution in [0.25, 0.3) is 5.69 Å². The minimum Gasteiger partial charge on any atom is -0.388 e. The van der Waals surface area contributed by atoms with Crippen molar-refractivity contribution >= 4 is 28.9 Å². The molecule has 5 rings (SSSR count). The molecule has 9 nitrogen and oxygen atoms in total. The molecule has 0 spiro atoms. The molecule has 2 heterocycles. The van der Waals surface area contributed by atoms with E-state index in [1.165, 1.54) is 9.36 Å². The fourth-order valence-corrected chi connectivity index (χ4v) is 4.87. The van der Waals surface area contributed by atoms with E-state index < -0.39 is 17.6 Å². The minimum absolute atomic E-state index is 0.0567. The van der Waals surface area contributed by atoms with Crippen LogP contribution in [0.5, 0.6) is 0 Å². The molecular formula is C28H30ClN6O3+. The SMILES string of the molecule is O=C(Nc1ccccc1)c1c(=O)n(-c2ccccc2)[nH][n+]1CC(O)CN1CCN(c2cccc(Cl)c2)CC1. The van der Waals surface area contributed by atoms with Crippen LogP contribution in [-0.2, 0) is 6.54 Å². The molecule has 38 heavy (non-hydrogen) atoms. The Bertz CT molecular complexity index is 1430. The first kappa shape index (κ1) is 25.7. The number of halogens is 1. The van der Waals surface area contributed by atoms with Crippen LogP contribution in [0.4, 0.5) is 11.4 Å². The molecule has 1 aliphatic rings. The first-order valence-corrected chi connectivity index (χ1v) is 12.9. The molecule has 0 radical (unpaired) electrons. The molecule has 1 amide bonds. The van der Waals surface area contributed by atoms with Crippen LogP contribution in [-0.4, -0.2) is 64.6 Å². The van der Waals surface area contributed by atoms with E-state index >= 15 is 0 Å². The average molecular weight is 534 g/mol. The van der Waals surface area contributed by atoms with Crippen LogP contribution in [0.15, 0.2) is 89.7 Å². The number of benzene rings is 3. The van der Waals surface area contributed by atoms with Gasteiger partial charge in [-0.05, 0) is 42.5 Å². The summed E-state index contributed by atoms with van der Waals surface area (Å²) >= 11 is 6.14. The van der Waals surface area contributed by atoms with Gasteiger partial charge in [-0.3, -0.25) is 9.69 Å². The number of aliphatic hydroxyl groups excluding tert-OH is 1. The van der Waals surface area contributed by atoms with Crippen LogP contribution in [0, 0.1) is 0 Å². The van der Waals surface area contributed by atoms with Crippen LogP contribution in [0.2, 0.25) is 5.02 Å². The molecule has 0 saturated carbocycles. The van der Waals surface area contributed by atoms with Gasteiger partial charge in [0, 0.05) is 49.1 Å². The zero-order valence-corrected chi connectivity index (χ0v) is 21.6. The number of carbonyl (C=O) groups excluding carboxylic acids is 1. The van der Waals surface area contributed by atoms with Crippen LogP contribution >= 0.6 is 11.6 Å². The summed E-state index contributed by atoms with van der Waals surface area (Å²) < 4.78 is 2.75. The molecule has 0 bridgehead atoms. The second-order valence-corrected chi connectivity index (χ2v) is 9.71. The highest BCUT2D eigenvalue weighted by atomic mass is 35.5. The summed E-state index contributed by atoms with van der Waals surface area (Å²) in [6.07, 6.45) is -0.803. The van der Waals surface area contributed by atoms with Crippen molar-refractivity contribution in [2.45, 2.75) is 12.6 Å². The zero-order chi connectivity index (χ0) is 26.5. The van der Waals surface area contributed by atoms with Crippen LogP contribution < -0.4 is 20.5 Å². The number of amides is 1. The number of hydrogen-bond donors (Lipinski definition) is 3. The third-order valence-corrected chi connectivity index (χ3v) is 6.80. The number of aromatic amines is 1. The van der Waals surface area contributed by atoms with Gasteiger partial charge in [-0.15, -0.1) is 4.68 Å². The third kappa shape index (κ3) is 5.96. The molecule has 1 aliphatic heterocycles. The Labute approximate surface area is 225 Å². The Hall–Kier alpha value is -3.92. The maximum Gasteiger partial charge on any atom is 0.411 e. The molecule has 1 aromatic heterocycles. The number of rotatable bonds is 8. The summed E-state index contributed by atoms with van der Waals surface area (Å²) in [7, 11) is 0. The summed E-state index contributed by atoms with van der Waals surface area (Å²) in [5.74, 6) is -0.547. The predicted molar refractivity (Wildman–Crippen MR) is 147 cm³/mol. The molecule has 10 heteroatoms. The van der Waals surface area contributed by atoms with Crippen molar-refractivity contribution in [3.8, 4) is 5.69 Å². The van der Waals surface area contributed by atoms with E-state index in [2.05, 4.69) is 20.3 Å². The smallest absolute Gasteiger partial charge is 0.388 e. The fourth-order valence-electron chi connectivity index (χ4n) is 4.68. The molecular weight excluding hydrogens is 504 g/mol. The van der Waals surface area contributed by atoms with E-state index in [-0.39, 0.29) is 12.2 Å². The van der Waals surface area contributed by atoms with Gasteiger partial charge in [-0.2, -0.15) is 0 Å². The van der Waals surface area contributed by atoms with E-state index in [4.69, 9.17) is 11.6 Å². The standard InChI is InChI=1S/C28H29ClN6O3/c29-21-8-7-13-24(18-21)33-16-14-32(15-17-33)19-25(36)20-34-26(27(37)30-22-9-3-1-4-10-22)28(38)35(31-34)23-11-5-2-6-12-23/h1-13,18,25,36H,14-17,19-20H2,(H-,30,31,37,38)/p+1. The Morgan fingerprint density at radius 3 is 2.29 bits per heavy atom. The maximum absolute atomic E-state index is 13.3. The quantitative estimate of drug-likeness (QED) is 0.302. The van der Waals surface area contributed by atoms with Crippen molar-refractivity contribution in [3.05, 3.63) is 106 Å². The number of nitrogens with zero attached hydrogens (tertiary/aromatic N) is 4. The molecule has 1 saturated heterocycles. The lowest BCUT2D eigenvalue weighted by Gasteiger charge is -2.36. The van der Waals surface area contributed by atoms with Crippen molar-refractivity contribution in [2.24, 2.45) is 0 Å². The lowest BCUT2D eigenvalue weighted by Crippen LogP contribution is -2.53. The lowest BCUT2D eigenvalue weighted by molar-refractivity contribution is -0.761. The molecule has 1 fully saturated rings. The molecule has 3 aromatic carbocycles. The highest BCUT2D eigenvalue weighted by Crippen LogP contribution is 2.20. The first-order chi connectivity index (χ1) is 18.5. The monoisotopic (exact) mass is 533 g/mol. The van der Waals surface area contributed by atoms with Gasteiger partial charge in [-0.25, -0.2) is 4.79 Å². The van der Waals surface area contributed by atoms with Crippen LogP contribution in [0.1, 0.15) is 10.5 Å². The number of nitrogens with one attached hydrogen (secondary N) is 2. The number of β-amino-alcohol motifs (C(OH)–C–C–N with tert-alkyl or cyclic N) is 1. The van der Waals surface area contributed by atoms with Gasteiger partial charge in [0.05, 0.1) is 0 Å². The number of hydrogen-bond acceptors (Lipinski definition) is 5. The van der Waals surface area contributed by atoms with E-state index in [9.17, 15) is 14.7 Å². The van der Waals surface area contributed by atoms with Crippen molar-refractivity contribution in [2.75, 3.05) is 42.9 Å². The third-order valence-electron chi connectivity index (χ3n) is 6.57. The second kappa shape index (κ2) is 11.6. The number of H-pyrrole nitrogens is 1. The molecule has 3 N–H and O–H groups in total. The van der Waals surface area contributed by atoms with Gasteiger partial charge in [0.15, 0.2) is 5.69 Å². The van der Waals surface area contributed by atoms with Crippen molar-refractivity contribution in [3.63, 3.8) is 0 Å². The summed E-state index contributed by atoms with van der Waals surface area (Å²) in [6.45, 7) is 3.64. The topological polar surface area (TPSA) is 97.5 Å². The number of aliphatic hydroxyl groups is 1. The Kier molecular flexibility index (Phi) is 7.88. The number of carbonyl (C=O) groups is 1. The zero-order valence-electron chi connectivity index (χ0n) is 20.8. The van der Waals surface area contributed by atoms with Gasteiger partial charge in [-0.1, -0.05) is 64.0 Å². The summed E-state index contributed by atoms with van der Waals surface area (Å²) in [5, 5.41) is 17.5. The molecule has 1 atom stereocenters. The van der Waals surface area contributed by atoms with Crippen LogP contribution in [0.3, 0.4) is 0 Å². The van der Waals surface area contributed by atoms with E-state index in [1.54, 1.807) is 36.4 Å². The largest absolute Gasteiger partial charge is 0.411 e. The predicted octanol–water partition coefficient (Wildman–Crippen LogP) is 2.54. The number of aromatic nitrogens is 3. The summed E-state index contributed by atoms with van der Waals surface area (Å²) in [4.78, 5) is 31.0. The highest BCUT2D eigenvalue weighted by molar-refractivity contribution is 6.30. The average Bonchev–Trinajstić information content (AvgIpc) is 3.25.